The molecular formula is C44H52IrNO3S-. The third kappa shape index (κ3) is 7.22. The first-order valence-corrected chi connectivity index (χ1v) is 18.5. The molecule has 6 heteroatoms. The Hall–Kier alpha value is -3.31. The van der Waals surface area contributed by atoms with Crippen LogP contribution in [0.25, 0.3) is 53.2 Å². The maximum atomic E-state index is 12.2. The Morgan fingerprint density at radius 2 is 1.48 bits per heavy atom. The number of carbonyl (C=O) groups excluding carboxylic acids is 1. The summed E-state index contributed by atoms with van der Waals surface area (Å²) in [6.07, 6.45) is 6.69. The van der Waals surface area contributed by atoms with Gasteiger partial charge in [0.05, 0.1) is 0 Å². The summed E-state index contributed by atoms with van der Waals surface area (Å²) in [4.78, 5) is 17.0. The molecule has 0 unspecified atom stereocenters. The van der Waals surface area contributed by atoms with Gasteiger partial charge in [0, 0.05) is 69.1 Å². The number of pyridine rings is 1. The van der Waals surface area contributed by atoms with Crippen LogP contribution in [0.15, 0.2) is 71.0 Å². The molecule has 0 aliphatic rings. The van der Waals surface area contributed by atoms with Gasteiger partial charge in [-0.25, -0.2) is 0 Å². The van der Waals surface area contributed by atoms with Crippen molar-refractivity contribution in [1.82, 2.24) is 4.98 Å². The topological polar surface area (TPSA) is 63.3 Å². The van der Waals surface area contributed by atoms with Crippen LogP contribution in [0, 0.1) is 30.7 Å². The van der Waals surface area contributed by atoms with Gasteiger partial charge < -0.3 is 9.52 Å². The van der Waals surface area contributed by atoms with E-state index in [1.54, 1.807) is 0 Å². The van der Waals surface area contributed by atoms with E-state index in [-0.39, 0.29) is 47.9 Å². The van der Waals surface area contributed by atoms with Crippen LogP contribution in [0.3, 0.4) is 0 Å². The molecule has 0 fully saturated rings. The standard InChI is InChI=1S/C29H24NOS.C15H28O2.Ir/c1-16-17(2)31-24-11-10-21-22-12-13-30-26(28(22)32-27(21)25(16)24)19-14-18-8-6-7-9-20(18)23(15-19)29(3,4)5;1-7-14(5,8-2)12(16)11-13(17)15(6,9-3)10-4;/h6-13,15H,1-5H3;11,16H,7-10H2,1-6H3;/q-1;;/b;12-11-;. The number of thiophene rings is 1. The summed E-state index contributed by atoms with van der Waals surface area (Å²) in [6, 6.07) is 20.9. The van der Waals surface area contributed by atoms with Crippen LogP contribution in [-0.2, 0) is 30.3 Å². The summed E-state index contributed by atoms with van der Waals surface area (Å²) >= 11 is 1.82. The number of aryl methyl sites for hydroxylation is 2. The quantitative estimate of drug-likeness (QED) is 0.0940. The summed E-state index contributed by atoms with van der Waals surface area (Å²) in [7, 11) is 0. The van der Waals surface area contributed by atoms with Gasteiger partial charge in [0.15, 0.2) is 5.78 Å². The van der Waals surface area contributed by atoms with E-state index >= 15 is 0 Å². The fourth-order valence-corrected chi connectivity index (χ4v) is 7.85. The van der Waals surface area contributed by atoms with Gasteiger partial charge in [-0.2, -0.15) is 0 Å². The van der Waals surface area contributed by atoms with Crippen LogP contribution in [-0.4, -0.2) is 15.9 Å². The average Bonchev–Trinajstić information content (AvgIpc) is 3.62. The molecule has 0 aliphatic carbocycles. The second kappa shape index (κ2) is 15.1. The first-order valence-electron chi connectivity index (χ1n) is 17.7. The molecule has 6 rings (SSSR count). The van der Waals surface area contributed by atoms with Crippen LogP contribution in [0.5, 0.6) is 0 Å². The minimum absolute atomic E-state index is 0. The zero-order valence-electron chi connectivity index (χ0n) is 31.6. The number of fused-ring (bicyclic) bond motifs is 6. The van der Waals surface area contributed by atoms with Gasteiger partial charge in [-0.3, -0.25) is 9.78 Å². The molecule has 6 aromatic rings. The minimum Gasteiger partial charge on any atom is -0.512 e. The number of hydrogen-bond donors (Lipinski definition) is 1. The summed E-state index contributed by atoms with van der Waals surface area (Å²) in [5.41, 5.74) is 4.99. The Labute approximate surface area is 315 Å². The van der Waals surface area contributed by atoms with Crippen molar-refractivity contribution in [3.05, 3.63) is 89.5 Å². The summed E-state index contributed by atoms with van der Waals surface area (Å²) in [5.74, 6) is 1.27. The molecule has 0 saturated heterocycles. The molecule has 0 amide bonds. The number of aliphatic hydroxyl groups excluding tert-OH is 1. The van der Waals surface area contributed by atoms with Gasteiger partial charge in [-0.1, -0.05) is 91.5 Å². The molecule has 0 aliphatic heterocycles. The van der Waals surface area contributed by atoms with Crippen LogP contribution in [0.1, 0.15) is 105 Å². The normalized spacial score (nSPS) is 12.7. The van der Waals surface area contributed by atoms with E-state index in [9.17, 15) is 9.90 Å². The van der Waals surface area contributed by atoms with Crippen molar-refractivity contribution in [2.75, 3.05) is 0 Å². The number of ketones is 1. The Morgan fingerprint density at radius 3 is 2.10 bits per heavy atom. The number of allylic oxidation sites excluding steroid dienone is 2. The van der Waals surface area contributed by atoms with Crippen LogP contribution in [0.2, 0.25) is 0 Å². The zero-order chi connectivity index (χ0) is 35.9. The minimum atomic E-state index is -0.337. The molecule has 50 heavy (non-hydrogen) atoms. The van der Waals surface area contributed by atoms with Crippen molar-refractivity contribution in [1.29, 1.82) is 0 Å². The number of nitrogens with zero attached hydrogens (tertiary/aromatic N) is 1. The summed E-state index contributed by atoms with van der Waals surface area (Å²) in [6.45, 7) is 23.1. The molecule has 0 saturated carbocycles. The fourth-order valence-electron chi connectivity index (χ4n) is 6.46. The first-order chi connectivity index (χ1) is 23.1. The van der Waals surface area contributed by atoms with Gasteiger partial charge in [0.2, 0.25) is 0 Å². The summed E-state index contributed by atoms with van der Waals surface area (Å²) < 4.78 is 8.49. The van der Waals surface area contributed by atoms with Crippen molar-refractivity contribution < 1.29 is 34.4 Å². The molecular weight excluding hydrogens is 815 g/mol. The maximum Gasteiger partial charge on any atom is 0.164 e. The maximum absolute atomic E-state index is 12.2. The van der Waals surface area contributed by atoms with E-state index in [4.69, 9.17) is 9.40 Å². The molecule has 3 heterocycles. The SMILES string of the molecule is CCC(C)(CC)C(=O)/C=C(\O)C(C)(CC)CC.Cc1oc2ccc3c4ccnc(-c5[c-]c6ccccc6c(C(C)(C)C)c5)c4sc3c2c1C.[Ir]. The number of furan rings is 1. The molecule has 267 valence electrons. The molecule has 3 aromatic carbocycles. The predicted molar refractivity (Wildman–Crippen MR) is 210 cm³/mol. The first kappa shape index (κ1) is 39.5. The monoisotopic (exact) mass is 867 g/mol. The van der Waals surface area contributed by atoms with Gasteiger partial charge in [0.25, 0.3) is 0 Å². The van der Waals surface area contributed by atoms with Crippen LogP contribution >= 0.6 is 11.3 Å². The van der Waals surface area contributed by atoms with Crippen molar-refractivity contribution in [2.24, 2.45) is 10.8 Å². The predicted octanol–water partition coefficient (Wildman–Crippen LogP) is 13.4. The van der Waals surface area contributed by atoms with E-state index in [1.807, 2.05) is 66.0 Å². The van der Waals surface area contributed by atoms with Gasteiger partial charge in [0.1, 0.15) is 17.1 Å². The number of benzene rings is 3. The molecule has 0 spiro atoms. The van der Waals surface area contributed by atoms with Crippen molar-refractivity contribution in [3.63, 3.8) is 0 Å². The van der Waals surface area contributed by atoms with Gasteiger partial charge in [-0.15, -0.1) is 40.5 Å². The number of aromatic nitrogens is 1. The number of carbonyl (C=O) groups is 1. The number of rotatable bonds is 8. The van der Waals surface area contributed by atoms with Gasteiger partial charge in [-0.05, 0) is 74.1 Å². The van der Waals surface area contributed by atoms with Crippen molar-refractivity contribution in [2.45, 2.75) is 107 Å². The molecule has 3 aromatic heterocycles. The van der Waals surface area contributed by atoms with Crippen molar-refractivity contribution >= 4 is 59.0 Å². The molecule has 1 N–H and O–H groups in total. The Kier molecular flexibility index (Phi) is 11.9. The van der Waals surface area contributed by atoms with E-state index in [1.165, 1.54) is 48.1 Å². The van der Waals surface area contributed by atoms with Crippen molar-refractivity contribution in [3.8, 4) is 11.3 Å². The fraction of sp³-hybridized carbons (Fsp3) is 0.409. The van der Waals surface area contributed by atoms with Crippen LogP contribution in [0.4, 0.5) is 0 Å². The Balaban J connectivity index is 0.000000269. The summed E-state index contributed by atoms with van der Waals surface area (Å²) in [5, 5.41) is 16.3. The molecule has 0 bridgehead atoms. The van der Waals surface area contributed by atoms with Crippen LogP contribution < -0.4 is 0 Å². The molecule has 1 radical (unpaired) electrons. The Bertz CT molecular complexity index is 2190. The third-order valence-corrected chi connectivity index (χ3v) is 12.4. The van der Waals surface area contributed by atoms with Gasteiger partial charge >= 0.3 is 0 Å². The number of aliphatic hydroxyl groups is 1. The third-order valence-electron chi connectivity index (χ3n) is 11.1. The number of hydrogen-bond acceptors (Lipinski definition) is 5. The smallest absolute Gasteiger partial charge is 0.164 e. The second-order valence-electron chi connectivity index (χ2n) is 15.1. The van der Waals surface area contributed by atoms with E-state index in [0.29, 0.717) is 0 Å². The second-order valence-corrected chi connectivity index (χ2v) is 16.1. The average molecular weight is 867 g/mol. The van der Waals surface area contributed by atoms with E-state index in [0.717, 1.165) is 53.7 Å². The largest absolute Gasteiger partial charge is 0.512 e. The molecule has 4 nitrogen and oxygen atoms in total. The zero-order valence-corrected chi connectivity index (χ0v) is 34.8. The molecule has 0 atom stereocenters. The van der Waals surface area contributed by atoms with E-state index < -0.39 is 0 Å². The Morgan fingerprint density at radius 1 is 0.860 bits per heavy atom. The van der Waals surface area contributed by atoms with E-state index in [2.05, 4.69) is 82.3 Å².